The Balaban J connectivity index is 1.89. The molecule has 1 aliphatic rings. The molecule has 0 aliphatic carbocycles. The fourth-order valence-corrected chi connectivity index (χ4v) is 2.98. The van der Waals surface area contributed by atoms with Crippen molar-refractivity contribution in [3.63, 3.8) is 0 Å². The van der Waals surface area contributed by atoms with E-state index in [9.17, 15) is 0 Å². The molecule has 0 amide bonds. The number of halogens is 1. The van der Waals surface area contributed by atoms with Gasteiger partial charge in [-0.3, -0.25) is 0 Å². The second-order valence-corrected chi connectivity index (χ2v) is 5.88. The van der Waals surface area contributed by atoms with Gasteiger partial charge in [-0.1, -0.05) is 37.1 Å². The van der Waals surface area contributed by atoms with Crippen LogP contribution in [0.15, 0.2) is 24.3 Å². The second-order valence-electron chi connectivity index (χ2n) is 5.45. The predicted octanol–water partition coefficient (Wildman–Crippen LogP) is 4.34. The first kappa shape index (κ1) is 14.8. The average Bonchev–Trinajstić information content (AvgIpc) is 2.39. The summed E-state index contributed by atoms with van der Waals surface area (Å²) in [6, 6.07) is 9.00. The van der Waals surface area contributed by atoms with Gasteiger partial charge < -0.3 is 10.1 Å². The molecule has 0 spiro atoms. The lowest BCUT2D eigenvalue weighted by Crippen LogP contribution is -2.40. The Morgan fingerprint density at radius 3 is 3.05 bits per heavy atom. The molecule has 1 aromatic carbocycles. The van der Waals surface area contributed by atoms with Crippen LogP contribution >= 0.6 is 11.6 Å². The van der Waals surface area contributed by atoms with Gasteiger partial charge in [0, 0.05) is 23.7 Å². The first-order chi connectivity index (χ1) is 9.19. The second kappa shape index (κ2) is 7.28. The molecule has 3 unspecified atom stereocenters. The first-order valence-electron chi connectivity index (χ1n) is 7.32. The van der Waals surface area contributed by atoms with Crippen LogP contribution in [0.25, 0.3) is 0 Å². The van der Waals surface area contributed by atoms with Gasteiger partial charge in [0.1, 0.15) is 0 Å². The van der Waals surface area contributed by atoms with Crippen LogP contribution in [-0.4, -0.2) is 18.8 Å². The SMILES string of the molecule is CCCC1CC(NC(C)c2cccc(Cl)c2)CCO1. The number of hydrogen-bond acceptors (Lipinski definition) is 2. The molecule has 106 valence electrons. The lowest BCUT2D eigenvalue weighted by molar-refractivity contribution is -0.00472. The van der Waals surface area contributed by atoms with Crippen LogP contribution in [0.4, 0.5) is 0 Å². The molecule has 19 heavy (non-hydrogen) atoms. The summed E-state index contributed by atoms with van der Waals surface area (Å²) in [5.41, 5.74) is 1.26. The van der Waals surface area contributed by atoms with Gasteiger partial charge in [-0.25, -0.2) is 0 Å². The van der Waals surface area contributed by atoms with Gasteiger partial charge in [-0.2, -0.15) is 0 Å². The van der Waals surface area contributed by atoms with E-state index in [4.69, 9.17) is 16.3 Å². The minimum Gasteiger partial charge on any atom is -0.378 e. The Bertz CT molecular complexity index is 394. The number of rotatable bonds is 5. The Morgan fingerprint density at radius 2 is 2.32 bits per heavy atom. The highest BCUT2D eigenvalue weighted by Gasteiger charge is 2.23. The zero-order valence-corrected chi connectivity index (χ0v) is 12.6. The van der Waals surface area contributed by atoms with Crippen molar-refractivity contribution in [1.82, 2.24) is 5.32 Å². The summed E-state index contributed by atoms with van der Waals surface area (Å²) in [6.45, 7) is 5.30. The normalized spacial score (nSPS) is 25.2. The summed E-state index contributed by atoms with van der Waals surface area (Å²) in [5.74, 6) is 0. The Kier molecular flexibility index (Phi) is 5.68. The molecule has 0 aromatic heterocycles. The summed E-state index contributed by atoms with van der Waals surface area (Å²) in [7, 11) is 0. The van der Waals surface area contributed by atoms with Crippen LogP contribution in [0.5, 0.6) is 0 Å². The summed E-state index contributed by atoms with van der Waals surface area (Å²) in [4.78, 5) is 0. The van der Waals surface area contributed by atoms with Gasteiger partial charge in [0.15, 0.2) is 0 Å². The van der Waals surface area contributed by atoms with Gasteiger partial charge >= 0.3 is 0 Å². The fourth-order valence-electron chi connectivity index (χ4n) is 2.78. The van der Waals surface area contributed by atoms with Gasteiger partial charge in [-0.15, -0.1) is 0 Å². The lowest BCUT2D eigenvalue weighted by atomic mass is 9.98. The van der Waals surface area contributed by atoms with Crippen molar-refractivity contribution in [1.29, 1.82) is 0 Å². The van der Waals surface area contributed by atoms with Gasteiger partial charge in [0.2, 0.25) is 0 Å². The van der Waals surface area contributed by atoms with E-state index in [1.54, 1.807) is 0 Å². The van der Waals surface area contributed by atoms with E-state index < -0.39 is 0 Å². The maximum atomic E-state index is 6.05. The topological polar surface area (TPSA) is 21.3 Å². The fraction of sp³-hybridized carbons (Fsp3) is 0.625. The molecule has 1 aliphatic heterocycles. The molecule has 0 radical (unpaired) electrons. The van der Waals surface area contributed by atoms with Crippen LogP contribution < -0.4 is 5.32 Å². The smallest absolute Gasteiger partial charge is 0.0589 e. The van der Waals surface area contributed by atoms with E-state index in [1.165, 1.54) is 18.4 Å². The molecule has 2 rings (SSSR count). The monoisotopic (exact) mass is 281 g/mol. The summed E-state index contributed by atoms with van der Waals surface area (Å²) >= 11 is 6.05. The van der Waals surface area contributed by atoms with E-state index in [-0.39, 0.29) is 0 Å². The zero-order valence-electron chi connectivity index (χ0n) is 11.9. The molecule has 1 aromatic rings. The van der Waals surface area contributed by atoms with Crippen molar-refractivity contribution in [2.24, 2.45) is 0 Å². The number of nitrogens with one attached hydrogen (secondary N) is 1. The van der Waals surface area contributed by atoms with Crippen LogP contribution in [0.1, 0.15) is 51.1 Å². The van der Waals surface area contributed by atoms with Crippen LogP contribution in [0, 0.1) is 0 Å². The molecule has 1 saturated heterocycles. The maximum absolute atomic E-state index is 6.05. The van der Waals surface area contributed by atoms with E-state index >= 15 is 0 Å². The van der Waals surface area contributed by atoms with Crippen LogP contribution in [0.3, 0.4) is 0 Å². The highest BCUT2D eigenvalue weighted by molar-refractivity contribution is 6.30. The average molecular weight is 282 g/mol. The molecule has 1 fully saturated rings. The van der Waals surface area contributed by atoms with Crippen LogP contribution in [0.2, 0.25) is 5.02 Å². The molecule has 0 bridgehead atoms. The van der Waals surface area contributed by atoms with Crippen molar-refractivity contribution in [3.05, 3.63) is 34.9 Å². The number of benzene rings is 1. The highest BCUT2D eigenvalue weighted by atomic mass is 35.5. The number of hydrogen-bond donors (Lipinski definition) is 1. The lowest BCUT2D eigenvalue weighted by Gasteiger charge is -2.32. The van der Waals surface area contributed by atoms with Gasteiger partial charge in [0.05, 0.1) is 6.10 Å². The quantitative estimate of drug-likeness (QED) is 0.867. The van der Waals surface area contributed by atoms with Crippen molar-refractivity contribution in [2.75, 3.05) is 6.61 Å². The molecule has 3 atom stereocenters. The Hall–Kier alpha value is -0.570. The maximum Gasteiger partial charge on any atom is 0.0589 e. The molecule has 1 heterocycles. The standard InChI is InChI=1S/C16H24ClNO/c1-3-5-16-11-15(8-9-19-16)18-12(2)13-6-4-7-14(17)10-13/h4,6-7,10,12,15-16,18H,3,5,8-9,11H2,1-2H3. The van der Waals surface area contributed by atoms with E-state index in [0.29, 0.717) is 18.2 Å². The summed E-state index contributed by atoms with van der Waals surface area (Å²) < 4.78 is 5.79. The minimum atomic E-state index is 0.337. The predicted molar refractivity (Wildman–Crippen MR) is 80.7 cm³/mol. The third kappa shape index (κ3) is 4.48. The van der Waals surface area contributed by atoms with Gasteiger partial charge in [-0.05, 0) is 43.9 Å². The van der Waals surface area contributed by atoms with Crippen molar-refractivity contribution < 1.29 is 4.74 Å². The Morgan fingerprint density at radius 1 is 1.47 bits per heavy atom. The molecule has 0 saturated carbocycles. The molecule has 1 N–H and O–H groups in total. The van der Waals surface area contributed by atoms with E-state index in [2.05, 4.69) is 25.2 Å². The van der Waals surface area contributed by atoms with Crippen molar-refractivity contribution in [2.45, 2.75) is 57.7 Å². The molecule has 3 heteroatoms. The zero-order chi connectivity index (χ0) is 13.7. The van der Waals surface area contributed by atoms with E-state index in [1.807, 2.05) is 18.2 Å². The molecule has 2 nitrogen and oxygen atoms in total. The Labute approximate surface area is 121 Å². The first-order valence-corrected chi connectivity index (χ1v) is 7.70. The summed E-state index contributed by atoms with van der Waals surface area (Å²) in [6.07, 6.45) is 5.03. The van der Waals surface area contributed by atoms with E-state index in [0.717, 1.165) is 24.5 Å². The minimum absolute atomic E-state index is 0.337. The summed E-state index contributed by atoms with van der Waals surface area (Å²) in [5, 5.41) is 4.52. The van der Waals surface area contributed by atoms with Crippen molar-refractivity contribution >= 4 is 11.6 Å². The van der Waals surface area contributed by atoms with Gasteiger partial charge in [0.25, 0.3) is 0 Å². The largest absolute Gasteiger partial charge is 0.378 e. The third-order valence-corrected chi connectivity index (χ3v) is 4.05. The molecular formula is C16H24ClNO. The van der Waals surface area contributed by atoms with Crippen molar-refractivity contribution in [3.8, 4) is 0 Å². The number of ether oxygens (including phenoxy) is 1. The third-order valence-electron chi connectivity index (χ3n) is 3.81. The van der Waals surface area contributed by atoms with Crippen LogP contribution in [-0.2, 0) is 4.74 Å². The molecular weight excluding hydrogens is 258 g/mol. The highest BCUT2D eigenvalue weighted by Crippen LogP contribution is 2.22.